The number of nitrogens with two attached hydrogens (primary N) is 1. The van der Waals surface area contributed by atoms with Crippen molar-refractivity contribution in [1.82, 2.24) is 4.90 Å². The number of guanidine groups is 1. The van der Waals surface area contributed by atoms with Gasteiger partial charge < -0.3 is 20.1 Å². The van der Waals surface area contributed by atoms with E-state index >= 15 is 0 Å². The van der Waals surface area contributed by atoms with Gasteiger partial charge in [0, 0.05) is 18.5 Å². The molecule has 0 bridgehead atoms. The molecule has 22 heavy (non-hydrogen) atoms. The van der Waals surface area contributed by atoms with Gasteiger partial charge in [-0.2, -0.15) is 0 Å². The van der Waals surface area contributed by atoms with Crippen molar-refractivity contribution in [2.75, 3.05) is 26.8 Å². The van der Waals surface area contributed by atoms with E-state index in [0.29, 0.717) is 31.8 Å². The molecule has 3 rings (SSSR count). The third-order valence-corrected chi connectivity index (χ3v) is 4.42. The van der Waals surface area contributed by atoms with Crippen LogP contribution in [0.2, 0.25) is 0 Å². The van der Waals surface area contributed by atoms with Crippen molar-refractivity contribution < 1.29 is 9.47 Å². The van der Waals surface area contributed by atoms with E-state index in [-0.39, 0.29) is 5.41 Å². The summed E-state index contributed by atoms with van der Waals surface area (Å²) in [4.78, 5) is 6.68. The second kappa shape index (κ2) is 5.71. The number of nitrogens with zero attached hydrogens (tertiary/aromatic N) is 2. The number of hydrogen-bond donors (Lipinski definition) is 1. The minimum absolute atomic E-state index is 0.106. The number of fused-ring (bicyclic) bond motifs is 1. The summed E-state index contributed by atoms with van der Waals surface area (Å²) in [5, 5.41) is 0. The fraction of sp³-hybridized carbons (Fsp3) is 0.588. The van der Waals surface area contributed by atoms with Crippen LogP contribution >= 0.6 is 0 Å². The van der Waals surface area contributed by atoms with Gasteiger partial charge in [-0.3, -0.25) is 4.99 Å². The number of rotatable bonds is 4. The number of ether oxygens (including phenoxy) is 2. The standard InChI is InChI=1S/C17H25N3O2/c1-17(2,11-19-16(18)20(3)13-5-6-13)12-4-7-14-15(10-12)22-9-8-21-14/h4,7,10,13H,5-6,8-9,11H2,1-3H3,(H2,18,19). The maximum Gasteiger partial charge on any atom is 0.191 e. The van der Waals surface area contributed by atoms with Gasteiger partial charge in [0.1, 0.15) is 13.2 Å². The maximum absolute atomic E-state index is 6.09. The normalized spacial score (nSPS) is 18.2. The van der Waals surface area contributed by atoms with Crippen LogP contribution in [0.15, 0.2) is 23.2 Å². The molecular formula is C17H25N3O2. The molecule has 1 saturated carbocycles. The first-order valence-corrected chi connectivity index (χ1v) is 7.90. The molecule has 0 amide bonds. The van der Waals surface area contributed by atoms with Gasteiger partial charge in [0.05, 0.1) is 6.54 Å². The highest BCUT2D eigenvalue weighted by Gasteiger charge is 2.28. The zero-order valence-corrected chi connectivity index (χ0v) is 13.6. The Morgan fingerprint density at radius 1 is 1.27 bits per heavy atom. The van der Waals surface area contributed by atoms with Gasteiger partial charge in [-0.05, 0) is 30.5 Å². The van der Waals surface area contributed by atoms with Crippen molar-refractivity contribution in [2.45, 2.75) is 38.1 Å². The van der Waals surface area contributed by atoms with Crippen LogP contribution in [-0.2, 0) is 5.41 Å². The Bertz CT molecular complexity index is 579. The van der Waals surface area contributed by atoms with Crippen LogP contribution in [0.4, 0.5) is 0 Å². The summed E-state index contributed by atoms with van der Waals surface area (Å²) in [6.45, 7) is 6.21. The molecule has 1 aromatic carbocycles. The van der Waals surface area contributed by atoms with Crippen molar-refractivity contribution in [2.24, 2.45) is 10.7 Å². The first-order valence-electron chi connectivity index (χ1n) is 7.90. The molecule has 0 saturated heterocycles. The molecular weight excluding hydrogens is 278 g/mol. The van der Waals surface area contributed by atoms with E-state index in [1.807, 2.05) is 13.1 Å². The predicted octanol–water partition coefficient (Wildman–Crippen LogP) is 2.14. The van der Waals surface area contributed by atoms with E-state index in [0.717, 1.165) is 11.5 Å². The molecule has 5 nitrogen and oxygen atoms in total. The average Bonchev–Trinajstić information content (AvgIpc) is 3.36. The third kappa shape index (κ3) is 3.13. The highest BCUT2D eigenvalue weighted by atomic mass is 16.6. The van der Waals surface area contributed by atoms with Crippen LogP contribution in [-0.4, -0.2) is 43.7 Å². The summed E-state index contributed by atoms with van der Waals surface area (Å²) in [7, 11) is 2.02. The van der Waals surface area contributed by atoms with Crippen molar-refractivity contribution in [1.29, 1.82) is 0 Å². The van der Waals surface area contributed by atoms with E-state index in [9.17, 15) is 0 Å². The molecule has 0 atom stereocenters. The second-order valence-corrected chi connectivity index (χ2v) is 6.76. The molecule has 0 aromatic heterocycles. The lowest BCUT2D eigenvalue weighted by atomic mass is 9.84. The lowest BCUT2D eigenvalue weighted by molar-refractivity contribution is 0.171. The Morgan fingerprint density at radius 3 is 2.64 bits per heavy atom. The van der Waals surface area contributed by atoms with Crippen LogP contribution in [0.5, 0.6) is 11.5 Å². The molecule has 1 aromatic rings. The van der Waals surface area contributed by atoms with Gasteiger partial charge in [0.25, 0.3) is 0 Å². The Hall–Kier alpha value is -1.91. The van der Waals surface area contributed by atoms with Crippen molar-refractivity contribution in [3.05, 3.63) is 23.8 Å². The number of aliphatic imine (C=N–C) groups is 1. The first-order chi connectivity index (χ1) is 10.5. The number of benzene rings is 1. The van der Waals surface area contributed by atoms with E-state index in [1.165, 1.54) is 18.4 Å². The quantitative estimate of drug-likeness (QED) is 0.684. The van der Waals surface area contributed by atoms with Gasteiger partial charge >= 0.3 is 0 Å². The molecule has 1 fully saturated rings. The summed E-state index contributed by atoms with van der Waals surface area (Å²) in [5.41, 5.74) is 7.16. The highest BCUT2D eigenvalue weighted by Crippen LogP contribution is 2.35. The van der Waals surface area contributed by atoms with E-state index in [4.69, 9.17) is 15.2 Å². The van der Waals surface area contributed by atoms with Crippen LogP contribution in [0.3, 0.4) is 0 Å². The maximum atomic E-state index is 6.09. The Morgan fingerprint density at radius 2 is 1.95 bits per heavy atom. The molecule has 2 N–H and O–H groups in total. The minimum Gasteiger partial charge on any atom is -0.486 e. The summed E-state index contributed by atoms with van der Waals surface area (Å²) < 4.78 is 11.2. The highest BCUT2D eigenvalue weighted by molar-refractivity contribution is 5.78. The zero-order valence-electron chi connectivity index (χ0n) is 13.6. The summed E-state index contributed by atoms with van der Waals surface area (Å²) in [5.74, 6) is 2.28. The Kier molecular flexibility index (Phi) is 3.89. The predicted molar refractivity (Wildman–Crippen MR) is 87.7 cm³/mol. The largest absolute Gasteiger partial charge is 0.486 e. The summed E-state index contributed by atoms with van der Waals surface area (Å²) in [6.07, 6.45) is 2.44. The lowest BCUT2D eigenvalue weighted by Crippen LogP contribution is -2.37. The Balaban J connectivity index is 1.73. The van der Waals surface area contributed by atoms with Gasteiger partial charge in [0.15, 0.2) is 17.5 Å². The molecule has 0 unspecified atom stereocenters. The lowest BCUT2D eigenvalue weighted by Gasteiger charge is -2.27. The zero-order chi connectivity index (χ0) is 15.7. The SMILES string of the molecule is CN(C(N)=NCC(C)(C)c1ccc2c(c1)OCCO2)C1CC1. The van der Waals surface area contributed by atoms with Gasteiger partial charge in [-0.1, -0.05) is 19.9 Å². The molecule has 120 valence electrons. The number of hydrogen-bond acceptors (Lipinski definition) is 3. The van der Waals surface area contributed by atoms with Crippen LogP contribution in [0.1, 0.15) is 32.3 Å². The smallest absolute Gasteiger partial charge is 0.191 e. The molecule has 1 aliphatic heterocycles. The first kappa shape index (κ1) is 15.0. The minimum atomic E-state index is -0.106. The fourth-order valence-corrected chi connectivity index (χ4v) is 2.59. The topological polar surface area (TPSA) is 60.1 Å². The van der Waals surface area contributed by atoms with E-state index in [2.05, 4.69) is 35.9 Å². The summed E-state index contributed by atoms with van der Waals surface area (Å²) in [6, 6.07) is 6.71. The van der Waals surface area contributed by atoms with Crippen molar-refractivity contribution in [3.63, 3.8) is 0 Å². The van der Waals surface area contributed by atoms with Gasteiger partial charge in [-0.15, -0.1) is 0 Å². The van der Waals surface area contributed by atoms with Crippen molar-refractivity contribution in [3.8, 4) is 11.5 Å². The molecule has 1 heterocycles. The third-order valence-electron chi connectivity index (χ3n) is 4.42. The van der Waals surface area contributed by atoms with E-state index in [1.54, 1.807) is 0 Å². The molecule has 2 aliphatic rings. The van der Waals surface area contributed by atoms with Crippen LogP contribution in [0.25, 0.3) is 0 Å². The Labute approximate surface area is 132 Å². The van der Waals surface area contributed by atoms with Crippen LogP contribution < -0.4 is 15.2 Å². The molecule has 0 spiro atoms. The van der Waals surface area contributed by atoms with Crippen LogP contribution in [0, 0.1) is 0 Å². The average molecular weight is 303 g/mol. The monoisotopic (exact) mass is 303 g/mol. The van der Waals surface area contributed by atoms with Crippen molar-refractivity contribution >= 4 is 5.96 Å². The summed E-state index contributed by atoms with van der Waals surface area (Å²) >= 11 is 0. The second-order valence-electron chi connectivity index (χ2n) is 6.76. The van der Waals surface area contributed by atoms with Gasteiger partial charge in [-0.25, -0.2) is 0 Å². The molecule has 5 heteroatoms. The van der Waals surface area contributed by atoms with E-state index < -0.39 is 0 Å². The molecule has 1 aliphatic carbocycles. The molecule has 0 radical (unpaired) electrons. The fourth-order valence-electron chi connectivity index (χ4n) is 2.59. The van der Waals surface area contributed by atoms with Gasteiger partial charge in [0.2, 0.25) is 0 Å².